The highest BCUT2D eigenvalue weighted by Gasteiger charge is 2.31. The van der Waals surface area contributed by atoms with Crippen LogP contribution in [0.15, 0.2) is 0 Å². The van der Waals surface area contributed by atoms with E-state index in [1.165, 1.54) is 0 Å². The summed E-state index contributed by atoms with van der Waals surface area (Å²) in [7, 11) is 0. The van der Waals surface area contributed by atoms with Crippen molar-refractivity contribution >= 4 is 34.8 Å². The maximum Gasteiger partial charge on any atom is 0.332 e. The molecule has 0 amide bonds. The third-order valence-corrected chi connectivity index (χ3v) is 2.02. The molecule has 0 aromatic heterocycles. The van der Waals surface area contributed by atoms with Crippen LogP contribution in [0.3, 0.4) is 0 Å². The Hall–Kier alpha value is 0.230. The molecule has 0 aromatic carbocycles. The third kappa shape index (κ3) is 2.88. The molecule has 0 aliphatic carbocycles. The van der Waals surface area contributed by atoms with Crippen LogP contribution in [0, 0.1) is 10.1 Å². The van der Waals surface area contributed by atoms with Gasteiger partial charge in [0.2, 0.25) is 0 Å². The smallest absolute Gasteiger partial charge is 0.332 e. The molecule has 0 aliphatic rings. The normalized spacial score (nSPS) is 16.9. The summed E-state index contributed by atoms with van der Waals surface area (Å²) in [6.07, 6.45) is -1.92. The first-order valence-electron chi connectivity index (χ1n) is 2.20. The molecule has 0 rings (SSSR count). The van der Waals surface area contributed by atoms with Crippen molar-refractivity contribution in [3.63, 3.8) is 0 Å². The van der Waals surface area contributed by atoms with Crippen molar-refractivity contribution in [3.05, 3.63) is 10.1 Å². The lowest BCUT2D eigenvalue weighted by Gasteiger charge is -2.09. The zero-order valence-electron chi connectivity index (χ0n) is 4.58. The zero-order chi connectivity index (χ0) is 8.31. The predicted octanol–water partition coefficient (Wildman–Crippen LogP) is 0.993. The van der Waals surface area contributed by atoms with E-state index >= 15 is 0 Å². The van der Waals surface area contributed by atoms with Gasteiger partial charge in [-0.2, -0.15) is 0 Å². The number of hydrogen-bond acceptors (Lipinski definition) is 3. The highest BCUT2D eigenvalue weighted by Crippen LogP contribution is 2.17. The fourth-order valence-corrected chi connectivity index (χ4v) is 0.599. The van der Waals surface area contributed by atoms with Gasteiger partial charge in [-0.3, -0.25) is 10.1 Å². The molecule has 0 saturated carbocycles. The molecular formula is C3H4Cl3NO3. The standard InChI is InChI=1S/C3H4Cl3NO3/c4-1(2(5)6)3(8)7(9)10/h1-3,8H. The molecule has 1 N–H and O–H groups in total. The van der Waals surface area contributed by atoms with Gasteiger partial charge < -0.3 is 5.11 Å². The van der Waals surface area contributed by atoms with E-state index in [-0.39, 0.29) is 0 Å². The minimum Gasteiger partial charge on any atom is -0.332 e. The average molecular weight is 208 g/mol. The van der Waals surface area contributed by atoms with Crippen molar-refractivity contribution in [3.8, 4) is 0 Å². The molecule has 10 heavy (non-hydrogen) atoms. The number of nitro groups is 1. The summed E-state index contributed by atoms with van der Waals surface area (Å²) in [6.45, 7) is 0. The number of nitrogens with zero attached hydrogens (tertiary/aromatic N) is 1. The van der Waals surface area contributed by atoms with Gasteiger partial charge in [-0.15, -0.1) is 34.8 Å². The summed E-state index contributed by atoms with van der Waals surface area (Å²) in [6, 6.07) is 0. The first-order chi connectivity index (χ1) is 4.46. The molecule has 0 saturated heterocycles. The number of aliphatic hydroxyl groups is 1. The Morgan fingerprint density at radius 1 is 1.40 bits per heavy atom. The van der Waals surface area contributed by atoms with Crippen LogP contribution in [0.4, 0.5) is 0 Å². The van der Waals surface area contributed by atoms with Crippen LogP contribution in [0.1, 0.15) is 0 Å². The van der Waals surface area contributed by atoms with Gasteiger partial charge in [-0.25, -0.2) is 0 Å². The Morgan fingerprint density at radius 3 is 1.90 bits per heavy atom. The minimum absolute atomic E-state index is 0.963. The Morgan fingerprint density at radius 2 is 1.80 bits per heavy atom. The van der Waals surface area contributed by atoms with E-state index in [9.17, 15) is 10.1 Å². The molecule has 2 unspecified atom stereocenters. The number of rotatable bonds is 3. The summed E-state index contributed by atoms with van der Waals surface area (Å²) < 4.78 is 0. The highest BCUT2D eigenvalue weighted by molar-refractivity contribution is 6.48. The second kappa shape index (κ2) is 4.18. The third-order valence-electron chi connectivity index (χ3n) is 0.742. The Balaban J connectivity index is 3.94. The van der Waals surface area contributed by atoms with Crippen LogP contribution in [-0.4, -0.2) is 26.5 Å². The van der Waals surface area contributed by atoms with Crippen molar-refractivity contribution in [2.24, 2.45) is 0 Å². The van der Waals surface area contributed by atoms with Crippen molar-refractivity contribution < 1.29 is 10.0 Å². The van der Waals surface area contributed by atoms with E-state index < -0.39 is 21.4 Å². The van der Waals surface area contributed by atoms with E-state index in [2.05, 4.69) is 0 Å². The van der Waals surface area contributed by atoms with E-state index in [0.29, 0.717) is 0 Å². The fraction of sp³-hybridized carbons (Fsp3) is 1.00. The number of aliphatic hydroxyl groups excluding tert-OH is 1. The Bertz CT molecular complexity index is 130. The van der Waals surface area contributed by atoms with Crippen LogP contribution < -0.4 is 0 Å². The monoisotopic (exact) mass is 207 g/mol. The molecule has 2 atom stereocenters. The van der Waals surface area contributed by atoms with Gasteiger partial charge in [0, 0.05) is 0 Å². The summed E-state index contributed by atoms with van der Waals surface area (Å²) in [5.41, 5.74) is 0. The van der Waals surface area contributed by atoms with Gasteiger partial charge in [0.25, 0.3) is 0 Å². The second-order valence-electron chi connectivity index (χ2n) is 1.48. The summed E-state index contributed by atoms with van der Waals surface area (Å²) in [5, 5.41) is 17.1. The topological polar surface area (TPSA) is 63.4 Å². The molecule has 0 spiro atoms. The molecule has 7 heteroatoms. The largest absolute Gasteiger partial charge is 0.332 e. The molecule has 0 bridgehead atoms. The molecule has 0 heterocycles. The van der Waals surface area contributed by atoms with E-state index in [1.54, 1.807) is 0 Å². The number of hydrogen-bond donors (Lipinski definition) is 1. The number of halogens is 3. The van der Waals surface area contributed by atoms with E-state index in [0.717, 1.165) is 0 Å². The van der Waals surface area contributed by atoms with Crippen LogP contribution in [0.2, 0.25) is 0 Å². The van der Waals surface area contributed by atoms with Crippen molar-refractivity contribution in [2.45, 2.75) is 16.4 Å². The van der Waals surface area contributed by atoms with E-state index in [4.69, 9.17) is 39.9 Å². The van der Waals surface area contributed by atoms with Crippen LogP contribution in [-0.2, 0) is 0 Å². The lowest BCUT2D eigenvalue weighted by Crippen LogP contribution is -2.33. The molecule has 60 valence electrons. The van der Waals surface area contributed by atoms with E-state index in [1.807, 2.05) is 0 Å². The van der Waals surface area contributed by atoms with Gasteiger partial charge in [-0.05, 0) is 0 Å². The van der Waals surface area contributed by atoms with Gasteiger partial charge in [0.05, 0.1) is 4.92 Å². The van der Waals surface area contributed by atoms with Crippen LogP contribution >= 0.6 is 34.8 Å². The SMILES string of the molecule is O=[N+]([O-])C(O)C(Cl)C(Cl)Cl. The highest BCUT2D eigenvalue weighted by atomic mass is 35.5. The predicted molar refractivity (Wildman–Crippen MR) is 38.1 cm³/mol. The van der Waals surface area contributed by atoms with Crippen molar-refractivity contribution in [1.29, 1.82) is 0 Å². The molecule has 0 aromatic rings. The van der Waals surface area contributed by atoms with Gasteiger partial charge in [0.1, 0.15) is 4.84 Å². The Kier molecular flexibility index (Phi) is 4.28. The van der Waals surface area contributed by atoms with Crippen LogP contribution in [0.25, 0.3) is 0 Å². The number of alkyl halides is 3. The molecular weight excluding hydrogens is 204 g/mol. The summed E-state index contributed by atoms with van der Waals surface area (Å²) >= 11 is 15.5. The molecule has 0 radical (unpaired) electrons. The lowest BCUT2D eigenvalue weighted by molar-refractivity contribution is -0.569. The Labute approximate surface area is 71.8 Å². The van der Waals surface area contributed by atoms with Crippen LogP contribution in [0.5, 0.6) is 0 Å². The van der Waals surface area contributed by atoms with Crippen molar-refractivity contribution in [2.75, 3.05) is 0 Å². The minimum atomic E-state index is -1.92. The second-order valence-corrected chi connectivity index (χ2v) is 3.15. The first kappa shape index (κ1) is 10.2. The molecule has 0 aliphatic heterocycles. The quantitative estimate of drug-likeness (QED) is 0.326. The van der Waals surface area contributed by atoms with Gasteiger partial charge >= 0.3 is 6.23 Å². The first-order valence-corrected chi connectivity index (χ1v) is 3.51. The van der Waals surface area contributed by atoms with Gasteiger partial charge in [-0.1, -0.05) is 0 Å². The maximum atomic E-state index is 9.80. The maximum absolute atomic E-state index is 9.80. The molecule has 4 nitrogen and oxygen atoms in total. The summed E-state index contributed by atoms with van der Waals surface area (Å²) in [4.78, 5) is 7.69. The fourth-order valence-electron chi connectivity index (χ4n) is 0.246. The summed E-state index contributed by atoms with van der Waals surface area (Å²) in [5.74, 6) is 0. The van der Waals surface area contributed by atoms with Crippen molar-refractivity contribution in [1.82, 2.24) is 0 Å². The lowest BCUT2D eigenvalue weighted by atomic mass is 10.4. The van der Waals surface area contributed by atoms with Gasteiger partial charge in [0.15, 0.2) is 5.38 Å². The average Bonchev–Trinajstić information content (AvgIpc) is 1.84. The molecule has 0 fully saturated rings. The zero-order valence-corrected chi connectivity index (χ0v) is 6.84.